The number of hydrazine groups is 1. The van der Waals surface area contributed by atoms with Crippen LogP contribution in [0.3, 0.4) is 0 Å². The highest BCUT2D eigenvalue weighted by Gasteiger charge is 1.64. The monoisotopic (exact) mass is 143 g/mol. The van der Waals surface area contributed by atoms with Gasteiger partial charge in [-0.05, 0) is 0 Å². The molecule has 0 heterocycles. The molecule has 0 radical (unpaired) electrons. The lowest BCUT2D eigenvalue weighted by Gasteiger charge is -1.90. The first kappa shape index (κ1) is 11.8. The molecule has 3 heteroatoms. The highest BCUT2D eigenvalue weighted by molar-refractivity contribution is 4.79. The van der Waals surface area contributed by atoms with Crippen LogP contribution in [-0.2, 0) is 0 Å². The molecule has 0 saturated carbocycles. The van der Waals surface area contributed by atoms with Crippen LogP contribution < -0.4 is 16.6 Å². The van der Waals surface area contributed by atoms with Gasteiger partial charge in [-0.25, -0.2) is 0 Å². The fourth-order valence-electron chi connectivity index (χ4n) is 0.258. The Balaban J connectivity index is 0. The summed E-state index contributed by atoms with van der Waals surface area (Å²) in [5, 5.41) is 2.89. The second-order valence-corrected chi connectivity index (χ2v) is 1.20. The topological polar surface area (TPSA) is 50.1 Å². The molecule has 0 rings (SSSR count). The number of hydrogen-bond donors (Lipinski definition) is 3. The van der Waals surface area contributed by atoms with E-state index in [9.17, 15) is 0 Å². The van der Waals surface area contributed by atoms with Gasteiger partial charge in [0.05, 0.1) is 0 Å². The third-order valence-electron chi connectivity index (χ3n) is 0.560. The summed E-state index contributed by atoms with van der Waals surface area (Å²) in [6.45, 7) is 8.27. The van der Waals surface area contributed by atoms with Gasteiger partial charge in [0.1, 0.15) is 0 Å². The van der Waals surface area contributed by atoms with Crippen molar-refractivity contribution >= 4 is 0 Å². The summed E-state index contributed by atoms with van der Waals surface area (Å²) in [6.07, 6.45) is 5.08. The largest absolute Gasteiger partial charge is 0.386 e. The van der Waals surface area contributed by atoms with Crippen LogP contribution in [0.5, 0.6) is 0 Å². The molecule has 0 aliphatic rings. The average molecular weight is 143 g/mol. The summed E-state index contributed by atoms with van der Waals surface area (Å²) in [7, 11) is 0. The van der Waals surface area contributed by atoms with E-state index in [-0.39, 0.29) is 0 Å². The molecule has 60 valence electrons. The Hall–Kier alpha value is -0.960. The Morgan fingerprint density at radius 2 is 2.00 bits per heavy atom. The molecule has 0 atom stereocenters. The number of nitrogens with two attached hydrogens (primary N) is 1. The van der Waals surface area contributed by atoms with E-state index >= 15 is 0 Å². The second kappa shape index (κ2) is 15.7. The van der Waals surface area contributed by atoms with E-state index in [1.165, 1.54) is 0 Å². The summed E-state index contributed by atoms with van der Waals surface area (Å²) < 4.78 is 0. The van der Waals surface area contributed by atoms with Gasteiger partial charge in [0, 0.05) is 18.9 Å². The molecule has 0 aromatic carbocycles. The third-order valence-corrected chi connectivity index (χ3v) is 0.560. The fourth-order valence-corrected chi connectivity index (χ4v) is 0.258. The first-order valence-corrected chi connectivity index (χ1v) is 3.37. The van der Waals surface area contributed by atoms with Gasteiger partial charge in [-0.1, -0.05) is 19.9 Å². The Morgan fingerprint density at radius 1 is 1.40 bits per heavy atom. The average Bonchev–Trinajstić information content (AvgIpc) is 2.02. The van der Waals surface area contributed by atoms with Gasteiger partial charge in [-0.2, -0.15) is 0 Å². The van der Waals surface area contributed by atoms with Gasteiger partial charge in [0.25, 0.3) is 0 Å². The van der Waals surface area contributed by atoms with Crippen LogP contribution in [0.15, 0.2) is 25.1 Å². The summed E-state index contributed by atoms with van der Waals surface area (Å²) in [5.74, 6) is 4.91. The Morgan fingerprint density at radius 3 is 2.40 bits per heavy atom. The minimum Gasteiger partial charge on any atom is -0.386 e. The van der Waals surface area contributed by atoms with Gasteiger partial charge in [-0.3, -0.25) is 5.84 Å². The van der Waals surface area contributed by atoms with Gasteiger partial charge in [-0.15, -0.1) is 6.58 Å². The maximum atomic E-state index is 4.91. The summed E-state index contributed by atoms with van der Waals surface area (Å²) >= 11 is 0. The van der Waals surface area contributed by atoms with E-state index in [2.05, 4.69) is 17.3 Å². The van der Waals surface area contributed by atoms with Crippen molar-refractivity contribution < 1.29 is 0 Å². The maximum Gasteiger partial charge on any atom is 0.0323 e. The lowest BCUT2D eigenvalue weighted by Crippen LogP contribution is -2.15. The van der Waals surface area contributed by atoms with Gasteiger partial charge in [0.2, 0.25) is 0 Å². The Kier molecular flexibility index (Phi) is 18.5. The highest BCUT2D eigenvalue weighted by atomic mass is 15.2. The van der Waals surface area contributed by atoms with Crippen molar-refractivity contribution in [3.05, 3.63) is 25.1 Å². The standard InChI is InChI=1S/C5H11N3.C2H6/c1-2-3-7-4-5-8-6;1-2/h2,4-5,7-8H,1,3,6H2;1-2H3/b5-4-;. The number of nitrogens with one attached hydrogen (secondary N) is 2. The van der Waals surface area contributed by atoms with Crippen LogP contribution in [0, 0.1) is 0 Å². The van der Waals surface area contributed by atoms with Crippen molar-refractivity contribution in [2.45, 2.75) is 13.8 Å². The molecular formula is C7H17N3. The highest BCUT2D eigenvalue weighted by Crippen LogP contribution is 1.59. The van der Waals surface area contributed by atoms with Crippen molar-refractivity contribution in [1.29, 1.82) is 0 Å². The molecule has 0 aromatic heterocycles. The van der Waals surface area contributed by atoms with Crippen LogP contribution in [0.4, 0.5) is 0 Å². The smallest absolute Gasteiger partial charge is 0.0323 e. The van der Waals surface area contributed by atoms with E-state index in [1.807, 2.05) is 13.8 Å². The normalized spacial score (nSPS) is 7.90. The maximum absolute atomic E-state index is 4.91. The summed E-state index contributed by atoms with van der Waals surface area (Å²) in [5.41, 5.74) is 2.35. The SMILES string of the molecule is C=CCN/C=C\NN.CC. The molecule has 0 unspecified atom stereocenters. The number of hydrogen-bond acceptors (Lipinski definition) is 3. The zero-order valence-corrected chi connectivity index (χ0v) is 6.72. The van der Waals surface area contributed by atoms with E-state index in [0.29, 0.717) is 0 Å². The molecule has 3 nitrogen and oxygen atoms in total. The first-order valence-electron chi connectivity index (χ1n) is 3.37. The minimum atomic E-state index is 0.762. The van der Waals surface area contributed by atoms with Crippen LogP contribution in [0.1, 0.15) is 13.8 Å². The second-order valence-electron chi connectivity index (χ2n) is 1.20. The van der Waals surface area contributed by atoms with E-state index in [1.54, 1.807) is 18.5 Å². The van der Waals surface area contributed by atoms with Gasteiger partial charge < -0.3 is 10.7 Å². The molecule has 0 aliphatic heterocycles. The lowest BCUT2D eigenvalue weighted by atomic mass is 10.6. The minimum absolute atomic E-state index is 0.762. The molecule has 0 fully saturated rings. The van der Waals surface area contributed by atoms with Crippen molar-refractivity contribution in [3.8, 4) is 0 Å². The van der Waals surface area contributed by atoms with Crippen LogP contribution >= 0.6 is 0 Å². The Bertz CT molecular complexity index is 78.9. The first-order chi connectivity index (χ1) is 4.91. The van der Waals surface area contributed by atoms with E-state index in [4.69, 9.17) is 5.84 Å². The molecule has 0 bridgehead atoms. The zero-order valence-electron chi connectivity index (χ0n) is 6.72. The number of rotatable bonds is 4. The van der Waals surface area contributed by atoms with Crippen LogP contribution in [0.25, 0.3) is 0 Å². The van der Waals surface area contributed by atoms with Crippen molar-refractivity contribution in [1.82, 2.24) is 10.7 Å². The van der Waals surface area contributed by atoms with Crippen molar-refractivity contribution in [2.24, 2.45) is 5.84 Å². The van der Waals surface area contributed by atoms with Crippen LogP contribution in [0.2, 0.25) is 0 Å². The molecular weight excluding hydrogens is 126 g/mol. The predicted octanol–water partition coefficient (Wildman–Crippen LogP) is 0.723. The molecule has 4 N–H and O–H groups in total. The predicted molar refractivity (Wildman–Crippen MR) is 46.0 cm³/mol. The van der Waals surface area contributed by atoms with Gasteiger partial charge in [0.15, 0.2) is 0 Å². The summed E-state index contributed by atoms with van der Waals surface area (Å²) in [4.78, 5) is 0. The molecule has 0 aromatic rings. The van der Waals surface area contributed by atoms with Crippen LogP contribution in [-0.4, -0.2) is 6.54 Å². The molecule has 0 spiro atoms. The molecule has 0 amide bonds. The zero-order chi connectivity index (χ0) is 8.24. The molecule has 0 saturated heterocycles. The third kappa shape index (κ3) is 15.7. The van der Waals surface area contributed by atoms with E-state index in [0.717, 1.165) is 6.54 Å². The Labute approximate surface area is 63.0 Å². The lowest BCUT2D eigenvalue weighted by molar-refractivity contribution is 0.918. The van der Waals surface area contributed by atoms with Crippen molar-refractivity contribution in [2.75, 3.05) is 6.54 Å². The van der Waals surface area contributed by atoms with E-state index < -0.39 is 0 Å². The molecule has 0 aliphatic carbocycles. The van der Waals surface area contributed by atoms with Gasteiger partial charge >= 0.3 is 0 Å². The van der Waals surface area contributed by atoms with Crippen molar-refractivity contribution in [3.63, 3.8) is 0 Å². The molecule has 10 heavy (non-hydrogen) atoms. The quantitative estimate of drug-likeness (QED) is 0.235. The fraction of sp³-hybridized carbons (Fsp3) is 0.429. The summed E-state index contributed by atoms with van der Waals surface area (Å²) in [6, 6.07) is 0.